The maximum absolute atomic E-state index is 11.6. The molecule has 1 unspecified atom stereocenters. The van der Waals surface area contributed by atoms with E-state index in [-0.39, 0.29) is 6.04 Å². The van der Waals surface area contributed by atoms with Gasteiger partial charge in [0.15, 0.2) is 11.5 Å². The lowest BCUT2D eigenvalue weighted by molar-refractivity contribution is -0.121. The lowest BCUT2D eigenvalue weighted by Crippen LogP contribution is -2.37. The van der Waals surface area contributed by atoms with Crippen LogP contribution in [0.15, 0.2) is 36.4 Å². The van der Waals surface area contributed by atoms with E-state index in [0.29, 0.717) is 24.7 Å². The van der Waals surface area contributed by atoms with Gasteiger partial charge >= 0.3 is 0 Å². The summed E-state index contributed by atoms with van der Waals surface area (Å²) in [6.07, 6.45) is 1.65. The third-order valence-electron chi connectivity index (χ3n) is 4.65. The molecule has 1 atom stereocenters. The molecule has 1 aliphatic rings. The SMILES string of the molecule is COc1ccc(OCC2c3cc(OC)c(OC)cc3CCN2C=O)cc1. The number of nitrogens with zero attached hydrogens (tertiary/aromatic N) is 1. The molecule has 0 N–H and O–H groups in total. The molecule has 3 rings (SSSR count). The highest BCUT2D eigenvalue weighted by molar-refractivity contribution is 5.55. The summed E-state index contributed by atoms with van der Waals surface area (Å²) in [5.74, 6) is 2.84. The van der Waals surface area contributed by atoms with Crippen LogP contribution in [0.2, 0.25) is 0 Å². The van der Waals surface area contributed by atoms with Crippen molar-refractivity contribution in [2.75, 3.05) is 34.5 Å². The van der Waals surface area contributed by atoms with E-state index < -0.39 is 0 Å². The number of benzene rings is 2. The molecule has 0 radical (unpaired) electrons. The van der Waals surface area contributed by atoms with Gasteiger partial charge in [-0.1, -0.05) is 0 Å². The van der Waals surface area contributed by atoms with E-state index in [1.807, 2.05) is 36.4 Å². The minimum Gasteiger partial charge on any atom is -0.497 e. The van der Waals surface area contributed by atoms with E-state index in [4.69, 9.17) is 18.9 Å². The highest BCUT2D eigenvalue weighted by Crippen LogP contribution is 2.38. The van der Waals surface area contributed by atoms with Crippen molar-refractivity contribution in [3.8, 4) is 23.0 Å². The molecular formula is C20H23NO5. The zero-order chi connectivity index (χ0) is 18.5. The molecule has 26 heavy (non-hydrogen) atoms. The zero-order valence-electron chi connectivity index (χ0n) is 15.2. The molecule has 0 aliphatic carbocycles. The van der Waals surface area contributed by atoms with Crippen LogP contribution in [-0.2, 0) is 11.2 Å². The van der Waals surface area contributed by atoms with Crippen LogP contribution in [0.5, 0.6) is 23.0 Å². The summed E-state index contributed by atoms with van der Waals surface area (Å²) in [5, 5.41) is 0. The molecule has 6 heteroatoms. The topological polar surface area (TPSA) is 57.2 Å². The van der Waals surface area contributed by atoms with Gasteiger partial charge < -0.3 is 23.8 Å². The molecule has 138 valence electrons. The third kappa shape index (κ3) is 3.54. The van der Waals surface area contributed by atoms with Gasteiger partial charge in [-0.05, 0) is 53.9 Å². The van der Waals surface area contributed by atoms with Crippen molar-refractivity contribution in [1.82, 2.24) is 4.90 Å². The van der Waals surface area contributed by atoms with E-state index in [2.05, 4.69) is 0 Å². The molecule has 6 nitrogen and oxygen atoms in total. The number of carbonyl (C=O) groups is 1. The van der Waals surface area contributed by atoms with Crippen LogP contribution in [0.25, 0.3) is 0 Å². The van der Waals surface area contributed by atoms with E-state index in [9.17, 15) is 4.79 Å². The summed E-state index contributed by atoms with van der Waals surface area (Å²) in [5.41, 5.74) is 2.17. The van der Waals surface area contributed by atoms with Crippen molar-refractivity contribution in [2.24, 2.45) is 0 Å². The largest absolute Gasteiger partial charge is 0.497 e. The lowest BCUT2D eigenvalue weighted by Gasteiger charge is -2.35. The Morgan fingerprint density at radius 1 is 1.00 bits per heavy atom. The van der Waals surface area contributed by atoms with Crippen LogP contribution < -0.4 is 18.9 Å². The summed E-state index contributed by atoms with van der Waals surface area (Å²) >= 11 is 0. The number of methoxy groups -OCH3 is 3. The van der Waals surface area contributed by atoms with Crippen molar-refractivity contribution < 1.29 is 23.7 Å². The van der Waals surface area contributed by atoms with Crippen LogP contribution in [0.4, 0.5) is 0 Å². The second-order valence-electron chi connectivity index (χ2n) is 6.00. The molecular weight excluding hydrogens is 334 g/mol. The van der Waals surface area contributed by atoms with Crippen molar-refractivity contribution in [1.29, 1.82) is 0 Å². The first-order valence-corrected chi connectivity index (χ1v) is 8.42. The van der Waals surface area contributed by atoms with Gasteiger partial charge in [-0.25, -0.2) is 0 Å². The first-order chi connectivity index (χ1) is 12.7. The predicted octanol–water partition coefficient (Wildman–Crippen LogP) is 2.85. The summed E-state index contributed by atoms with van der Waals surface area (Å²) < 4.78 is 21.9. The maximum atomic E-state index is 11.6. The molecule has 1 amide bonds. The molecule has 1 heterocycles. The van der Waals surface area contributed by atoms with Crippen LogP contribution in [0.1, 0.15) is 17.2 Å². The monoisotopic (exact) mass is 357 g/mol. The second-order valence-corrected chi connectivity index (χ2v) is 6.00. The van der Waals surface area contributed by atoms with Gasteiger partial charge in [0, 0.05) is 6.54 Å². The fourth-order valence-electron chi connectivity index (χ4n) is 3.21. The molecule has 2 aromatic rings. The summed E-state index contributed by atoms with van der Waals surface area (Å²) in [7, 11) is 4.85. The minimum absolute atomic E-state index is 0.182. The Kier molecular flexibility index (Phi) is 5.51. The lowest BCUT2D eigenvalue weighted by atomic mass is 9.92. The van der Waals surface area contributed by atoms with Crippen LogP contribution >= 0.6 is 0 Å². The van der Waals surface area contributed by atoms with Crippen molar-refractivity contribution >= 4 is 6.41 Å². The van der Waals surface area contributed by atoms with Gasteiger partial charge in [0.2, 0.25) is 6.41 Å². The minimum atomic E-state index is -0.182. The van der Waals surface area contributed by atoms with Gasteiger partial charge in [0.05, 0.1) is 27.4 Å². The fourth-order valence-corrected chi connectivity index (χ4v) is 3.21. The Labute approximate surface area is 153 Å². The van der Waals surface area contributed by atoms with E-state index in [0.717, 1.165) is 35.5 Å². The maximum Gasteiger partial charge on any atom is 0.210 e. The van der Waals surface area contributed by atoms with E-state index >= 15 is 0 Å². The number of rotatable bonds is 7. The highest BCUT2D eigenvalue weighted by Gasteiger charge is 2.29. The quantitative estimate of drug-likeness (QED) is 0.713. The molecule has 0 bridgehead atoms. The fraction of sp³-hybridized carbons (Fsp3) is 0.350. The smallest absolute Gasteiger partial charge is 0.210 e. The standard InChI is InChI=1S/C20H23NO5/c1-23-15-4-6-16(7-5-15)26-12-18-17-11-20(25-3)19(24-2)10-14(17)8-9-21(18)13-22/h4-7,10-11,13,18H,8-9,12H2,1-3H3. The molecule has 0 fully saturated rings. The Bertz CT molecular complexity index is 760. The number of hydrogen-bond acceptors (Lipinski definition) is 5. The Morgan fingerprint density at radius 3 is 2.27 bits per heavy atom. The summed E-state index contributed by atoms with van der Waals surface area (Å²) in [6, 6.07) is 11.1. The first kappa shape index (κ1) is 17.9. The Balaban J connectivity index is 1.85. The second kappa shape index (κ2) is 7.99. The van der Waals surface area contributed by atoms with E-state index in [1.165, 1.54) is 0 Å². The van der Waals surface area contributed by atoms with Gasteiger partial charge in [0.25, 0.3) is 0 Å². The third-order valence-corrected chi connectivity index (χ3v) is 4.65. The van der Waals surface area contributed by atoms with Crippen LogP contribution in [-0.4, -0.2) is 45.8 Å². The molecule has 2 aromatic carbocycles. The first-order valence-electron chi connectivity index (χ1n) is 8.42. The van der Waals surface area contributed by atoms with Crippen molar-refractivity contribution in [2.45, 2.75) is 12.5 Å². The van der Waals surface area contributed by atoms with Gasteiger partial charge in [-0.2, -0.15) is 0 Å². The van der Waals surface area contributed by atoms with Crippen LogP contribution in [0.3, 0.4) is 0 Å². The number of ether oxygens (including phenoxy) is 4. The summed E-state index contributed by atoms with van der Waals surface area (Å²) in [6.45, 7) is 0.996. The summed E-state index contributed by atoms with van der Waals surface area (Å²) in [4.78, 5) is 13.3. The average molecular weight is 357 g/mol. The normalized spacial score (nSPS) is 15.8. The molecule has 0 saturated heterocycles. The predicted molar refractivity (Wildman–Crippen MR) is 97.3 cm³/mol. The van der Waals surface area contributed by atoms with Crippen molar-refractivity contribution in [3.05, 3.63) is 47.5 Å². The molecule has 1 aliphatic heterocycles. The van der Waals surface area contributed by atoms with Gasteiger partial charge in [0.1, 0.15) is 18.1 Å². The Hall–Kier alpha value is -2.89. The number of amides is 1. The number of carbonyl (C=O) groups excluding carboxylic acids is 1. The molecule has 0 spiro atoms. The average Bonchev–Trinajstić information content (AvgIpc) is 2.71. The van der Waals surface area contributed by atoms with Gasteiger partial charge in [-0.15, -0.1) is 0 Å². The highest BCUT2D eigenvalue weighted by atomic mass is 16.5. The molecule has 0 aromatic heterocycles. The van der Waals surface area contributed by atoms with Crippen molar-refractivity contribution in [3.63, 3.8) is 0 Å². The Morgan fingerprint density at radius 2 is 1.65 bits per heavy atom. The molecule has 0 saturated carbocycles. The number of hydrogen-bond donors (Lipinski definition) is 0. The van der Waals surface area contributed by atoms with E-state index in [1.54, 1.807) is 26.2 Å². The van der Waals surface area contributed by atoms with Gasteiger partial charge in [-0.3, -0.25) is 4.79 Å². The van der Waals surface area contributed by atoms with Crippen LogP contribution in [0, 0.1) is 0 Å². The zero-order valence-corrected chi connectivity index (χ0v) is 15.2. The number of fused-ring (bicyclic) bond motifs is 1.